The Morgan fingerprint density at radius 2 is 1.83 bits per heavy atom. The summed E-state index contributed by atoms with van der Waals surface area (Å²) in [5.74, 6) is -0.497. The van der Waals surface area contributed by atoms with Crippen molar-refractivity contribution in [2.24, 2.45) is 0 Å². The van der Waals surface area contributed by atoms with E-state index < -0.39 is 12.0 Å². The van der Waals surface area contributed by atoms with Gasteiger partial charge in [-0.3, -0.25) is 4.79 Å². The van der Waals surface area contributed by atoms with Crippen LogP contribution in [0.15, 0.2) is 65.6 Å². The topological polar surface area (TPSA) is 61.2 Å². The summed E-state index contributed by atoms with van der Waals surface area (Å²) in [5.41, 5.74) is 0.348. The summed E-state index contributed by atoms with van der Waals surface area (Å²) in [5, 5.41) is 5.45. The van der Waals surface area contributed by atoms with Crippen molar-refractivity contribution < 1.29 is 9.53 Å². The van der Waals surface area contributed by atoms with E-state index in [1.807, 2.05) is 30.3 Å². The number of hydrogen-bond acceptors (Lipinski definition) is 4. The largest absolute Gasteiger partial charge is 0.464 e. The number of ether oxygens (including phenoxy) is 1. The molecule has 116 valence electrons. The molecule has 0 bridgehead atoms. The second-order valence-electron chi connectivity index (χ2n) is 5.05. The number of hydrogen-bond donors (Lipinski definition) is 0. The Bertz CT molecular complexity index is 887. The van der Waals surface area contributed by atoms with E-state index in [1.54, 1.807) is 37.4 Å². The molecule has 1 unspecified atom stereocenters. The molecule has 0 saturated heterocycles. The highest BCUT2D eigenvalue weighted by Crippen LogP contribution is 2.19. The Balaban J connectivity index is 2.19. The smallest absolute Gasteiger partial charge is 0.335 e. The number of fused-ring (bicyclic) bond motifs is 1. The lowest BCUT2D eigenvalue weighted by atomic mass is 10.1. The van der Waals surface area contributed by atoms with E-state index >= 15 is 0 Å². The fraction of sp³-hybridized carbons (Fsp3) is 0.167. The minimum absolute atomic E-state index is 0.241. The molecular formula is C18H16N2O3. The first-order chi connectivity index (χ1) is 11.2. The third-order valence-electron chi connectivity index (χ3n) is 3.59. The van der Waals surface area contributed by atoms with Crippen LogP contribution in [0.1, 0.15) is 18.5 Å². The number of rotatable bonds is 4. The van der Waals surface area contributed by atoms with Gasteiger partial charge in [-0.2, -0.15) is 5.10 Å². The zero-order valence-electron chi connectivity index (χ0n) is 12.7. The maximum atomic E-state index is 12.7. The molecule has 0 saturated carbocycles. The van der Waals surface area contributed by atoms with Crippen molar-refractivity contribution in [3.05, 3.63) is 76.7 Å². The third-order valence-corrected chi connectivity index (χ3v) is 3.59. The first-order valence-corrected chi connectivity index (χ1v) is 7.40. The number of nitrogens with zero attached hydrogens (tertiary/aromatic N) is 2. The van der Waals surface area contributed by atoms with Gasteiger partial charge in [0.05, 0.1) is 18.2 Å². The van der Waals surface area contributed by atoms with Crippen LogP contribution in [0.2, 0.25) is 0 Å². The van der Waals surface area contributed by atoms with Crippen molar-refractivity contribution in [2.45, 2.75) is 13.0 Å². The first kappa shape index (κ1) is 15.0. The SMILES string of the molecule is CCOC(=O)C(c1ccccc1)n1ncc2ccccc2c1=O. The van der Waals surface area contributed by atoms with Crippen molar-refractivity contribution >= 4 is 16.7 Å². The van der Waals surface area contributed by atoms with Crippen LogP contribution < -0.4 is 5.56 Å². The van der Waals surface area contributed by atoms with E-state index in [-0.39, 0.29) is 12.2 Å². The minimum Gasteiger partial charge on any atom is -0.464 e. The lowest BCUT2D eigenvalue weighted by Crippen LogP contribution is -2.33. The number of benzene rings is 2. The van der Waals surface area contributed by atoms with Crippen LogP contribution in [-0.4, -0.2) is 22.4 Å². The summed E-state index contributed by atoms with van der Waals surface area (Å²) >= 11 is 0. The van der Waals surface area contributed by atoms with E-state index in [2.05, 4.69) is 5.10 Å². The molecule has 0 aliphatic carbocycles. The van der Waals surface area contributed by atoms with E-state index in [4.69, 9.17) is 4.74 Å². The number of carbonyl (C=O) groups is 1. The van der Waals surface area contributed by atoms with Gasteiger partial charge in [0.25, 0.3) is 5.56 Å². The van der Waals surface area contributed by atoms with Crippen LogP contribution in [0.4, 0.5) is 0 Å². The van der Waals surface area contributed by atoms with Gasteiger partial charge < -0.3 is 4.74 Å². The fourth-order valence-electron chi connectivity index (χ4n) is 2.52. The highest BCUT2D eigenvalue weighted by molar-refractivity contribution is 5.82. The Hall–Kier alpha value is -2.95. The summed E-state index contributed by atoms with van der Waals surface area (Å²) in [6, 6.07) is 15.3. The van der Waals surface area contributed by atoms with Crippen LogP contribution in [-0.2, 0) is 9.53 Å². The molecule has 0 amide bonds. The molecule has 1 heterocycles. The van der Waals surface area contributed by atoms with Gasteiger partial charge in [-0.1, -0.05) is 48.5 Å². The molecular weight excluding hydrogens is 292 g/mol. The molecule has 0 aliphatic rings. The highest BCUT2D eigenvalue weighted by Gasteiger charge is 2.26. The molecule has 0 radical (unpaired) electrons. The third kappa shape index (κ3) is 2.85. The van der Waals surface area contributed by atoms with E-state index in [1.165, 1.54) is 4.68 Å². The Labute approximate surface area is 133 Å². The van der Waals surface area contributed by atoms with Crippen molar-refractivity contribution in [3.63, 3.8) is 0 Å². The molecule has 1 aromatic heterocycles. The quantitative estimate of drug-likeness (QED) is 0.695. The van der Waals surface area contributed by atoms with Crippen LogP contribution in [0.3, 0.4) is 0 Å². The summed E-state index contributed by atoms with van der Waals surface area (Å²) in [4.78, 5) is 25.2. The normalized spacial score (nSPS) is 12.0. The van der Waals surface area contributed by atoms with Gasteiger partial charge >= 0.3 is 5.97 Å². The first-order valence-electron chi connectivity index (χ1n) is 7.40. The summed E-state index contributed by atoms with van der Waals surface area (Å²) in [6.07, 6.45) is 1.59. The predicted molar refractivity (Wildman–Crippen MR) is 87.2 cm³/mol. The second-order valence-corrected chi connectivity index (χ2v) is 5.05. The Morgan fingerprint density at radius 1 is 1.13 bits per heavy atom. The number of carbonyl (C=O) groups excluding carboxylic acids is 1. The average Bonchev–Trinajstić information content (AvgIpc) is 2.59. The van der Waals surface area contributed by atoms with Gasteiger partial charge in [-0.15, -0.1) is 0 Å². The number of esters is 1. The lowest BCUT2D eigenvalue weighted by molar-refractivity contribution is -0.146. The zero-order chi connectivity index (χ0) is 16.2. The van der Waals surface area contributed by atoms with E-state index in [0.29, 0.717) is 10.9 Å². The van der Waals surface area contributed by atoms with Gasteiger partial charge in [0.1, 0.15) is 0 Å². The molecule has 23 heavy (non-hydrogen) atoms. The van der Waals surface area contributed by atoms with Crippen molar-refractivity contribution in [1.82, 2.24) is 9.78 Å². The fourth-order valence-corrected chi connectivity index (χ4v) is 2.52. The summed E-state index contributed by atoms with van der Waals surface area (Å²) in [6.45, 7) is 1.97. The Kier molecular flexibility index (Phi) is 4.19. The molecule has 0 aliphatic heterocycles. The minimum atomic E-state index is -0.895. The van der Waals surface area contributed by atoms with Gasteiger partial charge in [0, 0.05) is 5.39 Å². The molecule has 5 heteroatoms. The average molecular weight is 308 g/mol. The molecule has 3 aromatic rings. The van der Waals surface area contributed by atoms with Crippen LogP contribution in [0.5, 0.6) is 0 Å². The maximum absolute atomic E-state index is 12.7. The molecule has 2 aromatic carbocycles. The molecule has 0 fully saturated rings. The molecule has 0 N–H and O–H groups in total. The van der Waals surface area contributed by atoms with Crippen LogP contribution >= 0.6 is 0 Å². The van der Waals surface area contributed by atoms with Gasteiger partial charge in [-0.25, -0.2) is 9.48 Å². The van der Waals surface area contributed by atoms with Gasteiger partial charge in [0.2, 0.25) is 0 Å². The van der Waals surface area contributed by atoms with E-state index in [9.17, 15) is 9.59 Å². The van der Waals surface area contributed by atoms with Gasteiger partial charge in [0.15, 0.2) is 6.04 Å². The summed E-state index contributed by atoms with van der Waals surface area (Å²) in [7, 11) is 0. The maximum Gasteiger partial charge on any atom is 0.335 e. The highest BCUT2D eigenvalue weighted by atomic mass is 16.5. The van der Waals surface area contributed by atoms with Crippen molar-refractivity contribution in [2.75, 3.05) is 6.61 Å². The van der Waals surface area contributed by atoms with Crippen LogP contribution in [0, 0.1) is 0 Å². The zero-order valence-corrected chi connectivity index (χ0v) is 12.7. The lowest BCUT2D eigenvalue weighted by Gasteiger charge is -2.17. The second kappa shape index (κ2) is 6.44. The predicted octanol–water partition coefficient (Wildman–Crippen LogP) is 2.55. The number of aromatic nitrogens is 2. The Morgan fingerprint density at radius 3 is 2.57 bits per heavy atom. The molecule has 0 spiro atoms. The molecule has 3 rings (SSSR count). The van der Waals surface area contributed by atoms with E-state index in [0.717, 1.165) is 5.39 Å². The molecule has 1 atom stereocenters. The van der Waals surface area contributed by atoms with Gasteiger partial charge in [-0.05, 0) is 18.6 Å². The van der Waals surface area contributed by atoms with Crippen molar-refractivity contribution in [1.29, 1.82) is 0 Å². The summed E-state index contributed by atoms with van der Waals surface area (Å²) < 4.78 is 6.33. The van der Waals surface area contributed by atoms with Crippen LogP contribution in [0.25, 0.3) is 10.8 Å². The standard InChI is InChI=1S/C18H16N2O3/c1-2-23-18(22)16(13-8-4-3-5-9-13)20-17(21)15-11-7-6-10-14(15)12-19-20/h3-12,16H,2H2,1H3. The van der Waals surface area contributed by atoms with Crippen molar-refractivity contribution in [3.8, 4) is 0 Å². The molecule has 5 nitrogen and oxygen atoms in total. The monoisotopic (exact) mass is 308 g/mol.